The predicted octanol–water partition coefficient (Wildman–Crippen LogP) is 2.99. The summed E-state index contributed by atoms with van der Waals surface area (Å²) in [5, 5.41) is 12.8. The average molecular weight is 315 g/mol. The lowest BCUT2D eigenvalue weighted by Crippen LogP contribution is -2.44. The minimum absolute atomic E-state index is 0.193. The number of carbonyl (C=O) groups is 1. The molecule has 5 heteroatoms. The van der Waals surface area contributed by atoms with Gasteiger partial charge < -0.3 is 19.6 Å². The lowest BCUT2D eigenvalue weighted by molar-refractivity contribution is 0.0698. The van der Waals surface area contributed by atoms with Crippen LogP contribution in [0, 0.1) is 0 Å². The maximum absolute atomic E-state index is 12.3. The maximum atomic E-state index is 12.3. The second kappa shape index (κ2) is 6.87. The predicted molar refractivity (Wildman–Crippen MR) is 86.4 cm³/mol. The topological polar surface area (TPSA) is 71.7 Å². The highest BCUT2D eigenvalue weighted by Crippen LogP contribution is 2.26. The number of ether oxygens (including phenoxy) is 1. The summed E-state index contributed by atoms with van der Waals surface area (Å²) in [6, 6.07) is 10.7. The molecule has 1 fully saturated rings. The van der Waals surface area contributed by atoms with Crippen LogP contribution in [0.5, 0.6) is 5.75 Å². The van der Waals surface area contributed by atoms with Crippen molar-refractivity contribution < 1.29 is 19.1 Å². The first kappa shape index (κ1) is 15.6. The largest absolute Gasteiger partial charge is 0.497 e. The van der Waals surface area contributed by atoms with Crippen LogP contribution < -0.4 is 10.1 Å². The fourth-order valence-electron chi connectivity index (χ4n) is 2.91. The number of aliphatic hydroxyl groups excluding tert-OH is 1. The Balaban J connectivity index is 1.72. The van der Waals surface area contributed by atoms with Crippen molar-refractivity contribution in [3.8, 4) is 17.1 Å². The number of rotatable bonds is 4. The Morgan fingerprint density at radius 2 is 2.09 bits per heavy atom. The highest BCUT2D eigenvalue weighted by molar-refractivity contribution is 5.92. The summed E-state index contributed by atoms with van der Waals surface area (Å²) in [7, 11) is 1.61. The summed E-state index contributed by atoms with van der Waals surface area (Å²) < 4.78 is 10.9. The first-order valence-corrected chi connectivity index (χ1v) is 7.90. The Morgan fingerprint density at radius 3 is 2.87 bits per heavy atom. The Labute approximate surface area is 135 Å². The molecule has 1 amide bonds. The summed E-state index contributed by atoms with van der Waals surface area (Å²) >= 11 is 0. The molecule has 122 valence electrons. The zero-order valence-electron chi connectivity index (χ0n) is 13.1. The van der Waals surface area contributed by atoms with Crippen LogP contribution in [0.15, 0.2) is 40.8 Å². The Kier molecular flexibility index (Phi) is 4.67. The summed E-state index contributed by atoms with van der Waals surface area (Å²) in [6.45, 7) is 0. The summed E-state index contributed by atoms with van der Waals surface area (Å²) in [5.74, 6) is 1.30. The van der Waals surface area contributed by atoms with Crippen molar-refractivity contribution in [3.63, 3.8) is 0 Å². The molecule has 0 spiro atoms. The number of carbonyl (C=O) groups excluding carboxylic acids is 1. The van der Waals surface area contributed by atoms with Gasteiger partial charge in [0.1, 0.15) is 11.5 Å². The third kappa shape index (κ3) is 3.56. The van der Waals surface area contributed by atoms with E-state index in [1.54, 1.807) is 19.2 Å². The molecular weight excluding hydrogens is 294 g/mol. The van der Waals surface area contributed by atoms with Crippen molar-refractivity contribution in [2.24, 2.45) is 0 Å². The van der Waals surface area contributed by atoms with E-state index in [-0.39, 0.29) is 17.7 Å². The molecule has 1 aromatic carbocycles. The number of hydrogen-bond acceptors (Lipinski definition) is 4. The van der Waals surface area contributed by atoms with Crippen LogP contribution >= 0.6 is 0 Å². The third-order valence-electron chi connectivity index (χ3n) is 4.23. The van der Waals surface area contributed by atoms with Crippen LogP contribution in [0.4, 0.5) is 0 Å². The fourth-order valence-corrected chi connectivity index (χ4v) is 2.91. The number of amides is 1. The zero-order valence-corrected chi connectivity index (χ0v) is 13.1. The van der Waals surface area contributed by atoms with Crippen molar-refractivity contribution in [1.82, 2.24) is 5.32 Å². The smallest absolute Gasteiger partial charge is 0.287 e. The molecule has 23 heavy (non-hydrogen) atoms. The molecule has 0 unspecified atom stereocenters. The first-order chi connectivity index (χ1) is 11.2. The number of aliphatic hydroxyl groups is 1. The molecule has 1 aromatic heterocycles. The highest BCUT2D eigenvalue weighted by atomic mass is 16.5. The van der Waals surface area contributed by atoms with Gasteiger partial charge in [-0.2, -0.15) is 0 Å². The van der Waals surface area contributed by atoms with Gasteiger partial charge in [-0.25, -0.2) is 0 Å². The van der Waals surface area contributed by atoms with Gasteiger partial charge in [0.2, 0.25) is 0 Å². The molecule has 2 N–H and O–H groups in total. The van der Waals surface area contributed by atoms with Gasteiger partial charge in [0.25, 0.3) is 5.91 Å². The number of methoxy groups -OCH3 is 1. The van der Waals surface area contributed by atoms with E-state index >= 15 is 0 Å². The summed E-state index contributed by atoms with van der Waals surface area (Å²) in [5.41, 5.74) is 0.848. The molecular formula is C18H21NO4. The molecule has 1 aliphatic rings. The molecule has 3 rings (SSSR count). The van der Waals surface area contributed by atoms with Crippen LogP contribution in [0.2, 0.25) is 0 Å². The standard InChI is InChI=1S/C18H21NO4/c1-22-13-6-4-5-12(11-13)16-9-10-17(23-16)18(21)19-14-7-2-3-8-15(14)20/h4-6,9-11,14-15,20H,2-3,7-8H2,1H3,(H,19,21)/t14-,15-/m1/s1. The lowest BCUT2D eigenvalue weighted by atomic mass is 9.92. The van der Waals surface area contributed by atoms with Gasteiger partial charge in [0, 0.05) is 5.56 Å². The molecule has 0 aliphatic heterocycles. The molecule has 5 nitrogen and oxygen atoms in total. The third-order valence-corrected chi connectivity index (χ3v) is 4.23. The Morgan fingerprint density at radius 1 is 1.26 bits per heavy atom. The second-order valence-corrected chi connectivity index (χ2v) is 5.83. The number of hydrogen-bond donors (Lipinski definition) is 2. The van der Waals surface area contributed by atoms with Crippen molar-refractivity contribution in [2.45, 2.75) is 37.8 Å². The van der Waals surface area contributed by atoms with Crippen LogP contribution in [0.3, 0.4) is 0 Å². The summed E-state index contributed by atoms with van der Waals surface area (Å²) in [6.07, 6.45) is 3.10. The van der Waals surface area contributed by atoms with Gasteiger partial charge in [0.15, 0.2) is 5.76 Å². The van der Waals surface area contributed by atoms with Gasteiger partial charge in [-0.3, -0.25) is 4.79 Å². The average Bonchev–Trinajstić information content (AvgIpc) is 3.07. The van der Waals surface area contributed by atoms with Crippen LogP contribution in [-0.2, 0) is 0 Å². The normalized spacial score (nSPS) is 21.0. The SMILES string of the molecule is COc1cccc(-c2ccc(C(=O)N[C@@H]3CCCC[C@H]3O)o2)c1. The van der Waals surface area contributed by atoms with Gasteiger partial charge >= 0.3 is 0 Å². The molecule has 2 aromatic rings. The Hall–Kier alpha value is -2.27. The van der Waals surface area contributed by atoms with Crippen molar-refractivity contribution in [3.05, 3.63) is 42.2 Å². The van der Waals surface area contributed by atoms with E-state index < -0.39 is 6.10 Å². The van der Waals surface area contributed by atoms with Crippen molar-refractivity contribution in [1.29, 1.82) is 0 Å². The molecule has 1 saturated carbocycles. The Bertz CT molecular complexity index is 679. The molecule has 0 bridgehead atoms. The first-order valence-electron chi connectivity index (χ1n) is 7.90. The second-order valence-electron chi connectivity index (χ2n) is 5.83. The number of benzene rings is 1. The number of nitrogens with one attached hydrogen (secondary N) is 1. The molecule has 1 aliphatic carbocycles. The van der Waals surface area contributed by atoms with E-state index in [0.717, 1.165) is 37.0 Å². The van der Waals surface area contributed by atoms with Gasteiger partial charge in [-0.15, -0.1) is 0 Å². The molecule has 0 saturated heterocycles. The quantitative estimate of drug-likeness (QED) is 0.910. The zero-order chi connectivity index (χ0) is 16.2. The monoisotopic (exact) mass is 315 g/mol. The van der Waals surface area contributed by atoms with E-state index in [9.17, 15) is 9.90 Å². The minimum atomic E-state index is -0.472. The van der Waals surface area contributed by atoms with Gasteiger partial charge in [-0.05, 0) is 37.1 Å². The minimum Gasteiger partial charge on any atom is -0.497 e. The van der Waals surface area contributed by atoms with E-state index in [2.05, 4.69) is 5.32 Å². The van der Waals surface area contributed by atoms with Gasteiger partial charge in [0.05, 0.1) is 19.3 Å². The van der Waals surface area contributed by atoms with E-state index in [1.165, 1.54) is 0 Å². The van der Waals surface area contributed by atoms with Crippen LogP contribution in [-0.4, -0.2) is 30.3 Å². The van der Waals surface area contributed by atoms with Crippen molar-refractivity contribution >= 4 is 5.91 Å². The fraction of sp³-hybridized carbons (Fsp3) is 0.389. The molecule has 1 heterocycles. The van der Waals surface area contributed by atoms with Crippen LogP contribution in [0.1, 0.15) is 36.2 Å². The number of furan rings is 1. The molecule has 2 atom stereocenters. The van der Waals surface area contributed by atoms with Gasteiger partial charge in [-0.1, -0.05) is 25.0 Å². The summed E-state index contributed by atoms with van der Waals surface area (Å²) in [4.78, 5) is 12.3. The van der Waals surface area contributed by atoms with Crippen molar-refractivity contribution in [2.75, 3.05) is 7.11 Å². The maximum Gasteiger partial charge on any atom is 0.287 e. The lowest BCUT2D eigenvalue weighted by Gasteiger charge is -2.27. The highest BCUT2D eigenvalue weighted by Gasteiger charge is 2.25. The van der Waals surface area contributed by atoms with Crippen LogP contribution in [0.25, 0.3) is 11.3 Å². The van der Waals surface area contributed by atoms with E-state index in [0.29, 0.717) is 5.76 Å². The van der Waals surface area contributed by atoms with E-state index in [1.807, 2.05) is 24.3 Å². The van der Waals surface area contributed by atoms with E-state index in [4.69, 9.17) is 9.15 Å². The molecule has 0 radical (unpaired) electrons.